The van der Waals surface area contributed by atoms with E-state index in [0.717, 1.165) is 12.5 Å². The second-order valence-electron chi connectivity index (χ2n) is 3.11. The maximum Gasteiger partial charge on any atom is 0.231 e. The van der Waals surface area contributed by atoms with Gasteiger partial charge in [-0.25, -0.2) is 0 Å². The molecule has 1 aliphatic carbocycles. The molecule has 0 spiro atoms. The number of nitrogens with zero attached hydrogens (tertiary/aromatic N) is 1. The Bertz CT molecular complexity index is 132. The van der Waals surface area contributed by atoms with Crippen LogP contribution in [0.3, 0.4) is 0 Å². The number of rotatable bonds is 4. The first-order valence-electron chi connectivity index (χ1n) is 3.65. The molecule has 1 rings (SSSR count). The number of primary amides is 1. The Labute approximate surface area is 61.2 Å². The Morgan fingerprint density at radius 2 is 2.30 bits per heavy atom. The molecule has 0 aromatic carbocycles. The Balaban J connectivity index is 2.07. The lowest BCUT2D eigenvalue weighted by Gasteiger charge is -2.12. The number of amides is 1. The van der Waals surface area contributed by atoms with Crippen molar-refractivity contribution in [3.8, 4) is 0 Å². The highest BCUT2D eigenvalue weighted by atomic mass is 16.1. The molecule has 0 aliphatic heterocycles. The van der Waals surface area contributed by atoms with Crippen LogP contribution in [0.5, 0.6) is 0 Å². The van der Waals surface area contributed by atoms with Crippen molar-refractivity contribution in [2.75, 3.05) is 20.1 Å². The number of hydrogen-bond donors (Lipinski definition) is 1. The van der Waals surface area contributed by atoms with Gasteiger partial charge in [-0.3, -0.25) is 9.69 Å². The van der Waals surface area contributed by atoms with Crippen LogP contribution in [0, 0.1) is 5.92 Å². The van der Waals surface area contributed by atoms with Crippen LogP contribution < -0.4 is 5.73 Å². The van der Waals surface area contributed by atoms with Crippen molar-refractivity contribution in [2.24, 2.45) is 11.7 Å². The summed E-state index contributed by atoms with van der Waals surface area (Å²) < 4.78 is 0. The number of hydrogen-bond acceptors (Lipinski definition) is 2. The Morgan fingerprint density at radius 1 is 1.70 bits per heavy atom. The average molecular weight is 142 g/mol. The third kappa shape index (κ3) is 2.82. The molecule has 0 radical (unpaired) electrons. The number of likely N-dealkylation sites (N-methyl/N-ethyl adjacent to an activating group) is 1. The van der Waals surface area contributed by atoms with Crippen LogP contribution in [0.2, 0.25) is 0 Å². The van der Waals surface area contributed by atoms with Gasteiger partial charge in [0.25, 0.3) is 0 Å². The van der Waals surface area contributed by atoms with Gasteiger partial charge < -0.3 is 5.73 Å². The van der Waals surface area contributed by atoms with E-state index in [4.69, 9.17) is 5.73 Å². The summed E-state index contributed by atoms with van der Waals surface area (Å²) in [5.41, 5.74) is 5.01. The van der Waals surface area contributed by atoms with E-state index in [1.165, 1.54) is 12.8 Å². The van der Waals surface area contributed by atoms with Crippen molar-refractivity contribution < 1.29 is 4.79 Å². The normalized spacial score (nSPS) is 17.8. The van der Waals surface area contributed by atoms with E-state index >= 15 is 0 Å². The molecule has 0 aromatic rings. The molecule has 0 bridgehead atoms. The van der Waals surface area contributed by atoms with Crippen LogP contribution in [0.25, 0.3) is 0 Å². The van der Waals surface area contributed by atoms with Crippen LogP contribution in [0.1, 0.15) is 12.8 Å². The van der Waals surface area contributed by atoms with E-state index in [9.17, 15) is 4.79 Å². The quantitative estimate of drug-likeness (QED) is 0.591. The van der Waals surface area contributed by atoms with Crippen LogP contribution >= 0.6 is 0 Å². The summed E-state index contributed by atoms with van der Waals surface area (Å²) in [5.74, 6) is 0.604. The fraction of sp³-hybridized carbons (Fsp3) is 0.857. The minimum Gasteiger partial charge on any atom is -0.369 e. The van der Waals surface area contributed by atoms with Crippen molar-refractivity contribution >= 4 is 5.91 Å². The summed E-state index contributed by atoms with van der Waals surface area (Å²) in [7, 11) is 1.93. The monoisotopic (exact) mass is 142 g/mol. The molecule has 1 saturated carbocycles. The Morgan fingerprint density at radius 3 is 2.70 bits per heavy atom. The standard InChI is InChI=1S/C7H14N2O/c1-9(5-7(8)10)4-6-2-3-6/h6H,2-5H2,1H3,(H2,8,10). The molecule has 0 aromatic heterocycles. The highest BCUT2D eigenvalue weighted by molar-refractivity contribution is 5.75. The van der Waals surface area contributed by atoms with Gasteiger partial charge in [-0.15, -0.1) is 0 Å². The Kier molecular flexibility index (Phi) is 2.27. The maximum absolute atomic E-state index is 10.4. The molecule has 58 valence electrons. The number of carbonyl (C=O) groups excluding carboxylic acids is 1. The van der Waals surface area contributed by atoms with Crippen molar-refractivity contribution in [2.45, 2.75) is 12.8 Å². The zero-order valence-electron chi connectivity index (χ0n) is 6.34. The van der Waals surface area contributed by atoms with Gasteiger partial charge >= 0.3 is 0 Å². The van der Waals surface area contributed by atoms with Crippen molar-refractivity contribution in [1.82, 2.24) is 4.90 Å². The van der Waals surface area contributed by atoms with Gasteiger partial charge in [-0.1, -0.05) is 0 Å². The zero-order valence-corrected chi connectivity index (χ0v) is 6.34. The summed E-state index contributed by atoms with van der Waals surface area (Å²) in [6, 6.07) is 0. The Hall–Kier alpha value is -0.570. The minimum atomic E-state index is -0.233. The summed E-state index contributed by atoms with van der Waals surface area (Å²) in [6.07, 6.45) is 2.65. The van der Waals surface area contributed by atoms with Crippen molar-refractivity contribution in [3.05, 3.63) is 0 Å². The molecule has 0 heterocycles. The third-order valence-electron chi connectivity index (χ3n) is 1.69. The smallest absolute Gasteiger partial charge is 0.231 e. The third-order valence-corrected chi connectivity index (χ3v) is 1.69. The minimum absolute atomic E-state index is 0.233. The SMILES string of the molecule is CN(CC(N)=O)CC1CC1. The molecule has 1 fully saturated rings. The molecule has 0 saturated heterocycles. The van der Waals surface area contributed by atoms with E-state index in [1.807, 2.05) is 11.9 Å². The second-order valence-corrected chi connectivity index (χ2v) is 3.11. The van der Waals surface area contributed by atoms with Crippen LogP contribution in [0.4, 0.5) is 0 Å². The van der Waals surface area contributed by atoms with Gasteiger partial charge in [-0.2, -0.15) is 0 Å². The van der Waals surface area contributed by atoms with Crippen molar-refractivity contribution in [3.63, 3.8) is 0 Å². The van der Waals surface area contributed by atoms with Gasteiger partial charge in [0.1, 0.15) is 0 Å². The molecule has 1 aliphatic rings. The van der Waals surface area contributed by atoms with Crippen LogP contribution in [-0.4, -0.2) is 30.9 Å². The van der Waals surface area contributed by atoms with E-state index < -0.39 is 0 Å². The summed E-state index contributed by atoms with van der Waals surface area (Å²) >= 11 is 0. The summed E-state index contributed by atoms with van der Waals surface area (Å²) in [6.45, 7) is 1.43. The van der Waals surface area contributed by atoms with Gasteiger partial charge in [0.05, 0.1) is 6.54 Å². The fourth-order valence-corrected chi connectivity index (χ4v) is 1.07. The van der Waals surface area contributed by atoms with Gasteiger partial charge in [0, 0.05) is 6.54 Å². The lowest BCUT2D eigenvalue weighted by atomic mass is 10.4. The molecule has 2 N–H and O–H groups in total. The van der Waals surface area contributed by atoms with E-state index in [1.54, 1.807) is 0 Å². The molecule has 1 amide bonds. The highest BCUT2D eigenvalue weighted by Gasteiger charge is 2.22. The molecule has 0 atom stereocenters. The average Bonchev–Trinajstić information content (AvgIpc) is 2.46. The van der Waals surface area contributed by atoms with E-state index in [-0.39, 0.29) is 5.91 Å². The largest absolute Gasteiger partial charge is 0.369 e. The number of nitrogens with two attached hydrogens (primary N) is 1. The first kappa shape index (κ1) is 7.54. The molecular weight excluding hydrogens is 128 g/mol. The van der Waals surface area contributed by atoms with E-state index in [0.29, 0.717) is 6.54 Å². The lowest BCUT2D eigenvalue weighted by molar-refractivity contribution is -0.118. The van der Waals surface area contributed by atoms with Crippen molar-refractivity contribution in [1.29, 1.82) is 0 Å². The molecule has 10 heavy (non-hydrogen) atoms. The molecule has 3 heteroatoms. The van der Waals surface area contributed by atoms with Gasteiger partial charge in [0.15, 0.2) is 0 Å². The zero-order chi connectivity index (χ0) is 7.56. The molecule has 0 unspecified atom stereocenters. The second kappa shape index (κ2) is 3.01. The predicted molar refractivity (Wildman–Crippen MR) is 39.4 cm³/mol. The van der Waals surface area contributed by atoms with Crippen LogP contribution in [-0.2, 0) is 4.79 Å². The maximum atomic E-state index is 10.4. The first-order valence-corrected chi connectivity index (χ1v) is 3.65. The number of carbonyl (C=O) groups is 1. The topological polar surface area (TPSA) is 46.3 Å². The fourth-order valence-electron chi connectivity index (χ4n) is 1.07. The van der Waals surface area contributed by atoms with Gasteiger partial charge in [0.2, 0.25) is 5.91 Å². The first-order chi connectivity index (χ1) is 4.68. The lowest BCUT2D eigenvalue weighted by Crippen LogP contribution is -2.31. The van der Waals surface area contributed by atoms with Crippen LogP contribution in [0.15, 0.2) is 0 Å². The van der Waals surface area contributed by atoms with E-state index in [2.05, 4.69) is 0 Å². The summed E-state index contributed by atoms with van der Waals surface area (Å²) in [4.78, 5) is 12.4. The predicted octanol–water partition coefficient (Wildman–Crippen LogP) is -0.187. The molecular formula is C7H14N2O. The highest BCUT2D eigenvalue weighted by Crippen LogP contribution is 2.29. The molecule has 3 nitrogen and oxygen atoms in total. The van der Waals surface area contributed by atoms with Gasteiger partial charge in [-0.05, 0) is 25.8 Å². The summed E-state index contributed by atoms with van der Waals surface area (Å²) in [5, 5.41) is 0.